The molecular weight excluding hydrogens is 461 g/mol. The molecule has 1 aliphatic heterocycles. The minimum atomic E-state index is -0.591. The molecule has 184 valence electrons. The molecule has 1 saturated heterocycles. The highest BCUT2D eigenvalue weighted by molar-refractivity contribution is 6.02. The van der Waals surface area contributed by atoms with E-state index in [4.69, 9.17) is 24.2 Å². The molecule has 7 nitrogen and oxygen atoms in total. The molecule has 3 heterocycles. The van der Waals surface area contributed by atoms with Gasteiger partial charge in [0.1, 0.15) is 23.8 Å². The van der Waals surface area contributed by atoms with Crippen molar-refractivity contribution in [3.8, 4) is 5.75 Å². The SMILES string of the molecule is COC(=O)c1nc(N2CCOCC2)c2cc(Cc3ccc(F)cc3)cnc2c1OCc1ccccc1. The van der Waals surface area contributed by atoms with E-state index in [0.717, 1.165) is 22.1 Å². The van der Waals surface area contributed by atoms with Crippen LogP contribution in [-0.2, 0) is 22.5 Å². The lowest BCUT2D eigenvalue weighted by molar-refractivity contribution is 0.0588. The highest BCUT2D eigenvalue weighted by atomic mass is 19.1. The van der Waals surface area contributed by atoms with Gasteiger partial charge in [-0.05, 0) is 41.3 Å². The standard InChI is InChI=1S/C28H26FN3O4/c1-34-28(33)25-26(36-18-20-5-3-2-4-6-20)24-23(27(31-25)32-11-13-35-14-12-32)16-21(17-30-24)15-19-7-9-22(29)10-8-19/h2-10,16-17H,11-15,18H2,1H3. The zero-order chi connectivity index (χ0) is 24.9. The topological polar surface area (TPSA) is 73.8 Å². The molecule has 0 saturated carbocycles. The summed E-state index contributed by atoms with van der Waals surface area (Å²) in [4.78, 5) is 24.4. The quantitative estimate of drug-likeness (QED) is 0.354. The number of hydrogen-bond donors (Lipinski definition) is 0. The second-order valence-electron chi connectivity index (χ2n) is 8.52. The molecule has 36 heavy (non-hydrogen) atoms. The van der Waals surface area contributed by atoms with Crippen LogP contribution in [0.2, 0.25) is 0 Å². The lowest BCUT2D eigenvalue weighted by Crippen LogP contribution is -2.37. The molecule has 0 bridgehead atoms. The van der Waals surface area contributed by atoms with Gasteiger partial charge in [0.15, 0.2) is 11.4 Å². The molecule has 0 spiro atoms. The van der Waals surface area contributed by atoms with Gasteiger partial charge in [-0.25, -0.2) is 14.2 Å². The number of morpholine rings is 1. The zero-order valence-corrected chi connectivity index (χ0v) is 19.9. The van der Waals surface area contributed by atoms with Crippen LogP contribution in [0.25, 0.3) is 10.9 Å². The predicted octanol–water partition coefficient (Wildman–Crippen LogP) is 4.56. The van der Waals surface area contributed by atoms with Gasteiger partial charge < -0.3 is 19.1 Å². The maximum Gasteiger partial charge on any atom is 0.360 e. The van der Waals surface area contributed by atoms with E-state index in [2.05, 4.69) is 4.90 Å². The first-order valence-electron chi connectivity index (χ1n) is 11.8. The average molecular weight is 488 g/mol. The summed E-state index contributed by atoms with van der Waals surface area (Å²) >= 11 is 0. The lowest BCUT2D eigenvalue weighted by Gasteiger charge is -2.29. The number of pyridine rings is 2. The van der Waals surface area contributed by atoms with Gasteiger partial charge in [-0.3, -0.25) is 4.98 Å². The van der Waals surface area contributed by atoms with Gasteiger partial charge in [-0.1, -0.05) is 42.5 Å². The third kappa shape index (κ3) is 5.13. The second-order valence-corrected chi connectivity index (χ2v) is 8.52. The number of halogens is 1. The normalized spacial score (nSPS) is 13.6. The first kappa shape index (κ1) is 23.7. The molecule has 4 aromatic rings. The van der Waals surface area contributed by atoms with Gasteiger partial charge in [0.05, 0.1) is 20.3 Å². The van der Waals surface area contributed by atoms with Crippen molar-refractivity contribution in [3.63, 3.8) is 0 Å². The Balaban J connectivity index is 1.62. The summed E-state index contributed by atoms with van der Waals surface area (Å²) in [6.07, 6.45) is 2.33. The van der Waals surface area contributed by atoms with E-state index in [-0.39, 0.29) is 23.9 Å². The van der Waals surface area contributed by atoms with Crippen molar-refractivity contribution in [1.82, 2.24) is 9.97 Å². The monoisotopic (exact) mass is 487 g/mol. The fraction of sp³-hybridized carbons (Fsp3) is 0.250. The Morgan fingerprint density at radius 3 is 2.50 bits per heavy atom. The minimum Gasteiger partial charge on any atom is -0.484 e. The summed E-state index contributed by atoms with van der Waals surface area (Å²) in [6.45, 7) is 2.64. The first-order valence-corrected chi connectivity index (χ1v) is 11.8. The lowest BCUT2D eigenvalue weighted by atomic mass is 10.0. The van der Waals surface area contributed by atoms with E-state index < -0.39 is 5.97 Å². The second kappa shape index (κ2) is 10.7. The van der Waals surface area contributed by atoms with Crippen LogP contribution in [-0.4, -0.2) is 49.4 Å². The number of hydrogen-bond acceptors (Lipinski definition) is 7. The Labute approximate surface area is 208 Å². The van der Waals surface area contributed by atoms with Gasteiger partial charge in [0, 0.05) is 24.7 Å². The van der Waals surface area contributed by atoms with E-state index in [0.29, 0.717) is 44.1 Å². The highest BCUT2D eigenvalue weighted by Crippen LogP contribution is 2.35. The van der Waals surface area contributed by atoms with Gasteiger partial charge in [-0.15, -0.1) is 0 Å². The molecule has 1 aliphatic rings. The largest absolute Gasteiger partial charge is 0.484 e. The fourth-order valence-electron chi connectivity index (χ4n) is 4.24. The number of ether oxygens (including phenoxy) is 3. The Kier molecular flexibility index (Phi) is 7.04. The molecule has 8 heteroatoms. The van der Waals surface area contributed by atoms with Crippen LogP contribution in [0.4, 0.5) is 10.2 Å². The number of carbonyl (C=O) groups is 1. The van der Waals surface area contributed by atoms with E-state index in [9.17, 15) is 9.18 Å². The molecule has 2 aromatic carbocycles. The molecule has 0 atom stereocenters. The van der Waals surface area contributed by atoms with Crippen LogP contribution in [0.15, 0.2) is 66.9 Å². The van der Waals surface area contributed by atoms with Gasteiger partial charge in [0.25, 0.3) is 0 Å². The number of fused-ring (bicyclic) bond motifs is 1. The average Bonchev–Trinajstić information content (AvgIpc) is 2.93. The first-order chi connectivity index (χ1) is 17.6. The van der Waals surface area contributed by atoms with Crippen molar-refractivity contribution in [3.05, 3.63) is 95.1 Å². The molecular formula is C28H26FN3O4. The summed E-state index contributed by atoms with van der Waals surface area (Å²) in [6, 6.07) is 18.1. The highest BCUT2D eigenvalue weighted by Gasteiger charge is 2.26. The van der Waals surface area contributed by atoms with Crippen molar-refractivity contribution < 1.29 is 23.4 Å². The number of methoxy groups -OCH3 is 1. The van der Waals surface area contributed by atoms with Crippen molar-refractivity contribution in [1.29, 1.82) is 0 Å². The number of rotatable bonds is 7. The Bertz CT molecular complexity index is 1360. The molecule has 0 aliphatic carbocycles. The van der Waals surface area contributed by atoms with E-state index in [1.165, 1.54) is 19.2 Å². The minimum absolute atomic E-state index is 0.0845. The third-order valence-electron chi connectivity index (χ3n) is 6.07. The molecule has 2 aromatic heterocycles. The maximum atomic E-state index is 13.4. The maximum absolute atomic E-state index is 13.4. The number of carbonyl (C=O) groups excluding carboxylic acids is 1. The smallest absolute Gasteiger partial charge is 0.360 e. The molecule has 0 amide bonds. The van der Waals surface area contributed by atoms with E-state index >= 15 is 0 Å². The van der Waals surface area contributed by atoms with Crippen LogP contribution in [0, 0.1) is 5.82 Å². The number of nitrogens with zero attached hydrogens (tertiary/aromatic N) is 3. The Morgan fingerprint density at radius 2 is 1.78 bits per heavy atom. The Morgan fingerprint density at radius 1 is 1.03 bits per heavy atom. The van der Waals surface area contributed by atoms with E-state index in [1.54, 1.807) is 18.3 Å². The van der Waals surface area contributed by atoms with Gasteiger partial charge in [-0.2, -0.15) is 0 Å². The number of anilines is 1. The van der Waals surface area contributed by atoms with E-state index in [1.807, 2.05) is 36.4 Å². The predicted molar refractivity (Wildman–Crippen MR) is 134 cm³/mol. The molecule has 0 radical (unpaired) electrons. The van der Waals surface area contributed by atoms with Crippen molar-refractivity contribution in [2.24, 2.45) is 0 Å². The molecule has 0 unspecified atom stereocenters. The van der Waals surface area contributed by atoms with Crippen LogP contribution in [0.5, 0.6) is 5.75 Å². The van der Waals surface area contributed by atoms with Crippen molar-refractivity contribution >= 4 is 22.7 Å². The molecule has 1 fully saturated rings. The summed E-state index contributed by atoms with van der Waals surface area (Å²) < 4.78 is 30.1. The molecule has 0 N–H and O–H groups in total. The van der Waals surface area contributed by atoms with Crippen LogP contribution in [0.1, 0.15) is 27.2 Å². The third-order valence-corrected chi connectivity index (χ3v) is 6.07. The van der Waals surface area contributed by atoms with Gasteiger partial charge in [0.2, 0.25) is 0 Å². The number of benzene rings is 2. The summed E-state index contributed by atoms with van der Waals surface area (Å²) in [5.41, 5.74) is 3.47. The van der Waals surface area contributed by atoms with Crippen molar-refractivity contribution in [2.75, 3.05) is 38.3 Å². The fourth-order valence-corrected chi connectivity index (χ4v) is 4.24. The van der Waals surface area contributed by atoms with Gasteiger partial charge >= 0.3 is 5.97 Å². The summed E-state index contributed by atoms with van der Waals surface area (Å²) in [5.74, 6) is 0.0525. The zero-order valence-electron chi connectivity index (χ0n) is 19.9. The number of esters is 1. The van der Waals surface area contributed by atoms with Crippen LogP contribution in [0.3, 0.4) is 0 Å². The number of aromatic nitrogens is 2. The summed E-state index contributed by atoms with van der Waals surface area (Å²) in [5, 5.41) is 0.771. The van der Waals surface area contributed by atoms with Crippen LogP contribution < -0.4 is 9.64 Å². The molecule has 5 rings (SSSR count). The van der Waals surface area contributed by atoms with Crippen LogP contribution >= 0.6 is 0 Å². The van der Waals surface area contributed by atoms with Crippen molar-refractivity contribution in [2.45, 2.75) is 13.0 Å². The summed E-state index contributed by atoms with van der Waals surface area (Å²) in [7, 11) is 1.32. The Hall–Kier alpha value is -4.04.